The van der Waals surface area contributed by atoms with Gasteiger partial charge in [-0.05, 0) is 11.5 Å². The smallest absolute Gasteiger partial charge is 0.197 e. The minimum absolute atomic E-state index is 0.121. The predicted molar refractivity (Wildman–Crippen MR) is 48.7 cm³/mol. The van der Waals surface area contributed by atoms with Gasteiger partial charge in [-0.15, -0.1) is 0 Å². The van der Waals surface area contributed by atoms with Crippen molar-refractivity contribution in [1.29, 1.82) is 0 Å². The molecule has 1 N–H and O–H groups in total. The summed E-state index contributed by atoms with van der Waals surface area (Å²) in [5.74, 6) is 0.540. The Morgan fingerprint density at radius 2 is 2.15 bits per heavy atom. The van der Waals surface area contributed by atoms with E-state index in [0.717, 1.165) is 5.56 Å². The summed E-state index contributed by atoms with van der Waals surface area (Å²) in [5.41, 5.74) is 1.61. The van der Waals surface area contributed by atoms with Crippen LogP contribution in [0.2, 0.25) is 0 Å². The predicted octanol–water partition coefficient (Wildman–Crippen LogP) is 1.56. The zero-order valence-corrected chi connectivity index (χ0v) is 7.60. The summed E-state index contributed by atoms with van der Waals surface area (Å²) in [4.78, 5) is 4.11. The minimum atomic E-state index is 0.121. The van der Waals surface area contributed by atoms with E-state index in [1.165, 1.54) is 6.20 Å². The van der Waals surface area contributed by atoms with Crippen LogP contribution in [0.25, 0.3) is 5.65 Å². The maximum atomic E-state index is 9.29. The number of hydrogen-bond donors (Lipinski definition) is 1. The van der Waals surface area contributed by atoms with Crippen LogP contribution in [0.1, 0.15) is 25.3 Å². The van der Waals surface area contributed by atoms with Crippen LogP contribution < -0.4 is 0 Å². The Labute approximate surface area is 75.8 Å². The lowest BCUT2D eigenvalue weighted by molar-refractivity contribution is 0.480. The number of hydrogen-bond acceptors (Lipinski definition) is 3. The first kappa shape index (κ1) is 8.04. The van der Waals surface area contributed by atoms with E-state index < -0.39 is 0 Å². The summed E-state index contributed by atoms with van der Waals surface area (Å²) in [5, 5.41) is 13.3. The molecule has 0 spiro atoms. The van der Waals surface area contributed by atoms with Crippen molar-refractivity contribution in [3.8, 4) is 5.75 Å². The highest BCUT2D eigenvalue weighted by atomic mass is 16.3. The zero-order valence-electron chi connectivity index (χ0n) is 7.60. The van der Waals surface area contributed by atoms with Crippen molar-refractivity contribution in [1.82, 2.24) is 14.6 Å². The van der Waals surface area contributed by atoms with Gasteiger partial charge in [-0.3, -0.25) is 0 Å². The van der Waals surface area contributed by atoms with Gasteiger partial charge in [0, 0.05) is 12.4 Å². The Hall–Kier alpha value is -1.58. The van der Waals surface area contributed by atoms with Gasteiger partial charge in [0.25, 0.3) is 0 Å². The first-order valence-corrected chi connectivity index (χ1v) is 4.20. The Morgan fingerprint density at radius 1 is 1.38 bits per heavy atom. The second-order valence-electron chi connectivity index (χ2n) is 3.34. The molecular formula is C9H11N3O. The summed E-state index contributed by atoms with van der Waals surface area (Å²) in [6.07, 6.45) is 5.04. The minimum Gasteiger partial charge on any atom is -0.503 e. The van der Waals surface area contributed by atoms with Crippen molar-refractivity contribution >= 4 is 5.65 Å². The average molecular weight is 177 g/mol. The van der Waals surface area contributed by atoms with Gasteiger partial charge >= 0.3 is 0 Å². The summed E-state index contributed by atoms with van der Waals surface area (Å²) in [6.45, 7) is 4.18. The lowest BCUT2D eigenvalue weighted by Crippen LogP contribution is -1.95. The molecule has 2 heterocycles. The third-order valence-corrected chi connectivity index (χ3v) is 2.02. The fourth-order valence-corrected chi connectivity index (χ4v) is 1.17. The maximum Gasteiger partial charge on any atom is 0.197 e. The number of fused-ring (bicyclic) bond motifs is 1. The van der Waals surface area contributed by atoms with Gasteiger partial charge in [0.05, 0.1) is 6.20 Å². The second-order valence-corrected chi connectivity index (χ2v) is 3.34. The van der Waals surface area contributed by atoms with Crippen LogP contribution in [0.15, 0.2) is 18.6 Å². The van der Waals surface area contributed by atoms with Gasteiger partial charge in [-0.2, -0.15) is 5.10 Å². The lowest BCUT2D eigenvalue weighted by Gasteiger charge is -2.03. The molecule has 0 saturated carbocycles. The molecule has 0 saturated heterocycles. The van der Waals surface area contributed by atoms with Gasteiger partial charge in [0.2, 0.25) is 0 Å². The lowest BCUT2D eigenvalue weighted by atomic mass is 10.1. The molecular weight excluding hydrogens is 166 g/mol. The standard InChI is InChI=1S/C9H11N3O/c1-6(2)7-3-10-9-8(13)4-11-12(9)5-7/h3-6,13H,1-2H3. The number of rotatable bonds is 1. The molecule has 0 amide bonds. The molecule has 0 unspecified atom stereocenters. The highest BCUT2D eigenvalue weighted by Crippen LogP contribution is 2.18. The third kappa shape index (κ3) is 1.24. The summed E-state index contributed by atoms with van der Waals surface area (Å²) in [6, 6.07) is 0. The van der Waals surface area contributed by atoms with Gasteiger partial charge in [0.1, 0.15) is 0 Å². The van der Waals surface area contributed by atoms with Gasteiger partial charge in [0.15, 0.2) is 11.4 Å². The Kier molecular flexibility index (Phi) is 1.69. The average Bonchev–Trinajstić information content (AvgIpc) is 2.47. The molecule has 0 aliphatic heterocycles. The molecule has 68 valence electrons. The fraction of sp³-hybridized carbons (Fsp3) is 0.333. The molecule has 2 rings (SSSR count). The van der Waals surface area contributed by atoms with E-state index in [9.17, 15) is 5.11 Å². The van der Waals surface area contributed by atoms with Crippen LogP contribution in [-0.4, -0.2) is 19.7 Å². The molecule has 4 heteroatoms. The van der Waals surface area contributed by atoms with E-state index in [2.05, 4.69) is 23.9 Å². The highest BCUT2D eigenvalue weighted by Gasteiger charge is 2.05. The van der Waals surface area contributed by atoms with Crippen LogP contribution >= 0.6 is 0 Å². The second kappa shape index (κ2) is 2.73. The van der Waals surface area contributed by atoms with Crippen LogP contribution in [0.5, 0.6) is 5.75 Å². The van der Waals surface area contributed by atoms with Crippen LogP contribution in [0.4, 0.5) is 0 Å². The summed E-state index contributed by atoms with van der Waals surface area (Å²) in [7, 11) is 0. The van der Waals surface area contributed by atoms with E-state index >= 15 is 0 Å². The fourth-order valence-electron chi connectivity index (χ4n) is 1.17. The van der Waals surface area contributed by atoms with Crippen molar-refractivity contribution in [2.45, 2.75) is 19.8 Å². The molecule has 4 nitrogen and oxygen atoms in total. The number of aromatic nitrogens is 3. The molecule has 0 radical (unpaired) electrons. The van der Waals surface area contributed by atoms with Crippen LogP contribution in [0, 0.1) is 0 Å². The normalized spacial score (nSPS) is 11.3. The zero-order chi connectivity index (χ0) is 9.42. The molecule has 0 fully saturated rings. The van der Waals surface area contributed by atoms with Gasteiger partial charge in [-0.1, -0.05) is 13.8 Å². The molecule has 0 aliphatic rings. The molecule has 2 aromatic heterocycles. The van der Waals surface area contributed by atoms with E-state index in [4.69, 9.17) is 0 Å². The SMILES string of the molecule is CC(C)c1cnc2c(O)cnn2c1. The molecule has 0 aromatic carbocycles. The molecule has 2 aromatic rings. The van der Waals surface area contributed by atoms with Gasteiger partial charge < -0.3 is 5.11 Å². The Bertz CT molecular complexity index is 433. The van der Waals surface area contributed by atoms with Crippen molar-refractivity contribution in [2.75, 3.05) is 0 Å². The van der Waals surface area contributed by atoms with Crippen molar-refractivity contribution in [3.05, 3.63) is 24.2 Å². The van der Waals surface area contributed by atoms with Crippen LogP contribution in [-0.2, 0) is 0 Å². The molecule has 0 atom stereocenters. The summed E-state index contributed by atoms with van der Waals surface area (Å²) >= 11 is 0. The Balaban J connectivity index is 2.63. The first-order chi connectivity index (χ1) is 6.18. The molecule has 0 aliphatic carbocycles. The Morgan fingerprint density at radius 3 is 2.85 bits per heavy atom. The monoisotopic (exact) mass is 177 g/mol. The molecule has 13 heavy (non-hydrogen) atoms. The number of nitrogens with zero attached hydrogens (tertiary/aromatic N) is 3. The topological polar surface area (TPSA) is 50.4 Å². The van der Waals surface area contributed by atoms with E-state index in [1.54, 1.807) is 10.7 Å². The quantitative estimate of drug-likeness (QED) is 0.719. The summed E-state index contributed by atoms with van der Waals surface area (Å²) < 4.78 is 1.59. The third-order valence-electron chi connectivity index (χ3n) is 2.02. The van der Waals surface area contributed by atoms with E-state index in [-0.39, 0.29) is 5.75 Å². The first-order valence-electron chi connectivity index (χ1n) is 4.20. The number of aromatic hydroxyl groups is 1. The van der Waals surface area contributed by atoms with Crippen LogP contribution in [0.3, 0.4) is 0 Å². The van der Waals surface area contributed by atoms with E-state index in [1.807, 2.05) is 6.20 Å². The van der Waals surface area contributed by atoms with E-state index in [0.29, 0.717) is 11.6 Å². The molecule has 0 bridgehead atoms. The van der Waals surface area contributed by atoms with Crippen molar-refractivity contribution < 1.29 is 5.11 Å². The maximum absolute atomic E-state index is 9.29. The van der Waals surface area contributed by atoms with Gasteiger partial charge in [-0.25, -0.2) is 9.50 Å². The van der Waals surface area contributed by atoms with Crippen molar-refractivity contribution in [2.24, 2.45) is 0 Å². The largest absolute Gasteiger partial charge is 0.503 e. The van der Waals surface area contributed by atoms with Crippen molar-refractivity contribution in [3.63, 3.8) is 0 Å². The highest BCUT2D eigenvalue weighted by molar-refractivity contribution is 5.50.